The Morgan fingerprint density at radius 1 is 0.933 bits per heavy atom. The van der Waals surface area contributed by atoms with Crippen LogP contribution in [0, 0.1) is 54.3 Å². The van der Waals surface area contributed by atoms with E-state index in [0.717, 1.165) is 19.3 Å². The fourth-order valence-corrected chi connectivity index (χ4v) is 1.31. The minimum Gasteiger partial charge on any atom is -0.120 e. The summed E-state index contributed by atoms with van der Waals surface area (Å²) < 4.78 is 0. The molecule has 3 atom stereocenters. The second-order valence-electron chi connectivity index (χ2n) is 4.14. The van der Waals surface area contributed by atoms with Crippen LogP contribution in [-0.2, 0) is 0 Å². The van der Waals surface area contributed by atoms with E-state index >= 15 is 0 Å². The molecule has 0 amide bonds. The molecule has 0 aliphatic heterocycles. The average molecular weight is 200 g/mol. The maximum atomic E-state index is 5.32. The quantitative estimate of drug-likeness (QED) is 0.611. The van der Waals surface area contributed by atoms with Crippen LogP contribution in [-0.4, -0.2) is 0 Å². The van der Waals surface area contributed by atoms with Crippen LogP contribution in [0.5, 0.6) is 0 Å². The summed E-state index contributed by atoms with van der Waals surface area (Å²) in [5.74, 6) is 12.9. The van der Waals surface area contributed by atoms with E-state index < -0.39 is 0 Å². The molecule has 0 rings (SSSR count). The molecule has 0 fully saturated rings. The topological polar surface area (TPSA) is 0 Å². The van der Waals surface area contributed by atoms with Crippen molar-refractivity contribution in [2.24, 2.45) is 17.8 Å². The summed E-state index contributed by atoms with van der Waals surface area (Å²) in [5, 5.41) is 0. The molecular weight excluding hydrogens is 180 g/mol. The van der Waals surface area contributed by atoms with Gasteiger partial charge in [0.25, 0.3) is 0 Å². The normalized spacial score (nSPS) is 15.0. The van der Waals surface area contributed by atoms with Gasteiger partial charge in [-0.3, -0.25) is 0 Å². The summed E-state index contributed by atoms with van der Waals surface area (Å²) in [5.41, 5.74) is 0. The van der Waals surface area contributed by atoms with Crippen LogP contribution >= 0.6 is 0 Å². The molecule has 0 bridgehead atoms. The Morgan fingerprint density at radius 2 is 1.53 bits per heavy atom. The zero-order valence-corrected chi connectivity index (χ0v) is 10.0. The van der Waals surface area contributed by atoms with Gasteiger partial charge in [-0.2, -0.15) is 0 Å². The third-order valence-corrected chi connectivity index (χ3v) is 2.29. The highest BCUT2D eigenvalue weighted by atomic mass is 14.1. The van der Waals surface area contributed by atoms with Gasteiger partial charge in [0.1, 0.15) is 0 Å². The summed E-state index contributed by atoms with van der Waals surface area (Å²) in [7, 11) is 0. The standard InChI is InChI=1S/C15H20/c1-6-8-9-14(4)10-11-15(5)12-13(3)7-2/h1-2,13-15H,8-9,12H2,3-5H3. The van der Waals surface area contributed by atoms with Crippen molar-refractivity contribution in [3.05, 3.63) is 0 Å². The predicted molar refractivity (Wildman–Crippen MR) is 66.8 cm³/mol. The third-order valence-electron chi connectivity index (χ3n) is 2.29. The smallest absolute Gasteiger partial charge is 0.0186 e. The minimum absolute atomic E-state index is 0.315. The molecule has 0 heterocycles. The maximum absolute atomic E-state index is 5.32. The van der Waals surface area contributed by atoms with Crippen molar-refractivity contribution in [1.82, 2.24) is 0 Å². The lowest BCUT2D eigenvalue weighted by Gasteiger charge is -2.06. The molecule has 0 aliphatic carbocycles. The lowest BCUT2D eigenvalue weighted by atomic mass is 9.97. The highest BCUT2D eigenvalue weighted by Crippen LogP contribution is 2.10. The summed E-state index contributed by atoms with van der Waals surface area (Å²) >= 11 is 0. The molecule has 0 aromatic rings. The molecule has 0 aromatic heterocycles. The van der Waals surface area contributed by atoms with Gasteiger partial charge in [-0.1, -0.05) is 32.6 Å². The van der Waals surface area contributed by atoms with Gasteiger partial charge in [0, 0.05) is 24.2 Å². The van der Waals surface area contributed by atoms with Crippen LogP contribution in [0.4, 0.5) is 0 Å². The van der Waals surface area contributed by atoms with Crippen LogP contribution in [0.25, 0.3) is 0 Å². The van der Waals surface area contributed by atoms with Crippen molar-refractivity contribution in [1.29, 1.82) is 0 Å². The maximum Gasteiger partial charge on any atom is 0.0186 e. The van der Waals surface area contributed by atoms with Gasteiger partial charge in [-0.25, -0.2) is 0 Å². The third kappa shape index (κ3) is 7.73. The fraction of sp³-hybridized carbons (Fsp3) is 0.600. The van der Waals surface area contributed by atoms with E-state index in [0.29, 0.717) is 17.8 Å². The second-order valence-corrected chi connectivity index (χ2v) is 4.14. The Hall–Kier alpha value is -1.32. The minimum atomic E-state index is 0.315. The molecule has 0 saturated carbocycles. The molecule has 80 valence electrons. The molecule has 0 aromatic carbocycles. The monoisotopic (exact) mass is 200 g/mol. The Kier molecular flexibility index (Phi) is 7.32. The molecule has 0 N–H and O–H groups in total. The highest BCUT2D eigenvalue weighted by molar-refractivity contribution is 5.07. The van der Waals surface area contributed by atoms with Crippen molar-refractivity contribution < 1.29 is 0 Å². The first-order valence-corrected chi connectivity index (χ1v) is 5.50. The highest BCUT2D eigenvalue weighted by Gasteiger charge is 2.03. The number of rotatable bonds is 4. The summed E-state index contributed by atoms with van der Waals surface area (Å²) in [6.45, 7) is 6.29. The average Bonchev–Trinajstić information content (AvgIpc) is 2.23. The fourth-order valence-electron chi connectivity index (χ4n) is 1.31. The zero-order chi connectivity index (χ0) is 11.7. The Bertz CT molecular complexity index is 300. The molecule has 0 saturated heterocycles. The van der Waals surface area contributed by atoms with Crippen LogP contribution in [0.3, 0.4) is 0 Å². The van der Waals surface area contributed by atoms with Gasteiger partial charge in [-0.05, 0) is 12.8 Å². The van der Waals surface area contributed by atoms with Crippen molar-refractivity contribution in [2.75, 3.05) is 0 Å². The van der Waals surface area contributed by atoms with E-state index in [9.17, 15) is 0 Å². The molecule has 0 heteroatoms. The molecule has 0 nitrogen and oxygen atoms in total. The summed E-state index contributed by atoms with van der Waals surface area (Å²) in [6, 6.07) is 0. The van der Waals surface area contributed by atoms with E-state index in [2.05, 4.69) is 44.5 Å². The van der Waals surface area contributed by atoms with Crippen LogP contribution < -0.4 is 0 Å². The van der Waals surface area contributed by atoms with Gasteiger partial charge in [-0.15, -0.1) is 24.7 Å². The molecule has 0 aliphatic rings. The number of terminal acetylenes is 2. The van der Waals surface area contributed by atoms with Gasteiger partial charge < -0.3 is 0 Å². The largest absolute Gasteiger partial charge is 0.120 e. The zero-order valence-electron chi connectivity index (χ0n) is 10.0. The van der Waals surface area contributed by atoms with E-state index in [1.54, 1.807) is 0 Å². The summed E-state index contributed by atoms with van der Waals surface area (Å²) in [6.07, 6.45) is 13.3. The van der Waals surface area contributed by atoms with Crippen molar-refractivity contribution in [3.8, 4) is 36.5 Å². The van der Waals surface area contributed by atoms with Crippen molar-refractivity contribution >= 4 is 0 Å². The molecule has 0 radical (unpaired) electrons. The second kappa shape index (κ2) is 8.03. The Labute approximate surface area is 94.8 Å². The van der Waals surface area contributed by atoms with E-state index in [4.69, 9.17) is 12.8 Å². The van der Waals surface area contributed by atoms with Crippen LogP contribution in [0.15, 0.2) is 0 Å². The summed E-state index contributed by atoms with van der Waals surface area (Å²) in [4.78, 5) is 0. The first-order valence-electron chi connectivity index (χ1n) is 5.50. The van der Waals surface area contributed by atoms with E-state index in [1.807, 2.05) is 0 Å². The number of hydrogen-bond acceptors (Lipinski definition) is 0. The first kappa shape index (κ1) is 13.7. The van der Waals surface area contributed by atoms with Gasteiger partial charge >= 0.3 is 0 Å². The molecule has 3 unspecified atom stereocenters. The first-order chi connectivity index (χ1) is 7.10. The van der Waals surface area contributed by atoms with E-state index in [1.165, 1.54) is 0 Å². The Morgan fingerprint density at radius 3 is 2.07 bits per heavy atom. The van der Waals surface area contributed by atoms with Crippen molar-refractivity contribution in [3.63, 3.8) is 0 Å². The SMILES string of the molecule is C#CCCC(C)C#CC(C)CC(C)C#C. The molecule has 0 spiro atoms. The predicted octanol–water partition coefficient (Wildman–Crippen LogP) is 3.33. The lowest BCUT2D eigenvalue weighted by molar-refractivity contribution is 0.568. The van der Waals surface area contributed by atoms with Gasteiger partial charge in [0.05, 0.1) is 0 Å². The molecule has 15 heavy (non-hydrogen) atoms. The van der Waals surface area contributed by atoms with E-state index in [-0.39, 0.29) is 0 Å². The van der Waals surface area contributed by atoms with Gasteiger partial charge in [0.15, 0.2) is 0 Å². The van der Waals surface area contributed by atoms with Gasteiger partial charge in [0.2, 0.25) is 0 Å². The van der Waals surface area contributed by atoms with Crippen LogP contribution in [0.2, 0.25) is 0 Å². The van der Waals surface area contributed by atoms with Crippen LogP contribution in [0.1, 0.15) is 40.0 Å². The lowest BCUT2D eigenvalue weighted by Crippen LogP contribution is -1.99. The van der Waals surface area contributed by atoms with Crippen molar-refractivity contribution in [2.45, 2.75) is 40.0 Å². The number of hydrogen-bond donors (Lipinski definition) is 0. The Balaban J connectivity index is 3.95. The molecular formula is C15H20.